The largest absolute Gasteiger partial charge is 0.490 e. The van der Waals surface area contributed by atoms with E-state index in [1.165, 1.54) is 0 Å². The number of para-hydroxylation sites is 1. The van der Waals surface area contributed by atoms with E-state index in [4.69, 9.17) is 14.2 Å². The summed E-state index contributed by atoms with van der Waals surface area (Å²) in [6.07, 6.45) is 0.0454. The fourth-order valence-corrected chi connectivity index (χ4v) is 1.78. The number of benzene rings is 1. The summed E-state index contributed by atoms with van der Waals surface area (Å²) in [5.74, 6) is 2.25. The summed E-state index contributed by atoms with van der Waals surface area (Å²) in [6.45, 7) is 6.95. The fraction of sp³-hybridized carbons (Fsp3) is 0.538. The molecule has 0 saturated heterocycles. The molecule has 4 heteroatoms. The average molecular weight is 237 g/mol. The van der Waals surface area contributed by atoms with Gasteiger partial charge in [-0.2, -0.15) is 0 Å². The van der Waals surface area contributed by atoms with Crippen LogP contribution in [0.5, 0.6) is 17.2 Å². The molecule has 0 spiro atoms. The summed E-state index contributed by atoms with van der Waals surface area (Å²) in [5.41, 5.74) is 0. The Balaban J connectivity index is 2.11. The van der Waals surface area contributed by atoms with Gasteiger partial charge in [-0.15, -0.1) is 0 Å². The third-order valence-corrected chi connectivity index (χ3v) is 2.57. The number of nitrogens with one attached hydrogen (secondary N) is 1. The molecule has 1 aromatic rings. The Morgan fingerprint density at radius 3 is 3.06 bits per heavy atom. The average Bonchev–Trinajstić information content (AvgIpc) is 2.37. The Kier molecular flexibility index (Phi) is 4.09. The van der Waals surface area contributed by atoms with Crippen molar-refractivity contribution in [2.24, 2.45) is 0 Å². The molecule has 0 saturated carbocycles. The monoisotopic (exact) mass is 237 g/mol. The molecule has 1 aromatic carbocycles. The highest BCUT2D eigenvalue weighted by atomic mass is 16.6. The Morgan fingerprint density at radius 2 is 2.29 bits per heavy atom. The smallest absolute Gasteiger partial charge is 0.204 e. The van der Waals surface area contributed by atoms with Crippen LogP contribution in [-0.4, -0.2) is 32.4 Å². The summed E-state index contributed by atoms with van der Waals surface area (Å²) in [4.78, 5) is 0. The van der Waals surface area contributed by atoms with Crippen molar-refractivity contribution in [3.63, 3.8) is 0 Å². The van der Waals surface area contributed by atoms with E-state index in [0.717, 1.165) is 30.3 Å². The molecule has 0 amide bonds. The molecular formula is C13H19NO3. The van der Waals surface area contributed by atoms with E-state index < -0.39 is 0 Å². The third kappa shape index (κ3) is 2.82. The summed E-state index contributed by atoms with van der Waals surface area (Å²) in [7, 11) is 0. The van der Waals surface area contributed by atoms with Gasteiger partial charge in [-0.05, 0) is 25.6 Å². The number of likely N-dealkylation sites (N-methyl/N-ethyl adjacent to an activating group) is 1. The van der Waals surface area contributed by atoms with Crippen molar-refractivity contribution in [1.82, 2.24) is 5.32 Å². The van der Waals surface area contributed by atoms with E-state index in [0.29, 0.717) is 13.2 Å². The molecule has 1 heterocycles. The van der Waals surface area contributed by atoms with Gasteiger partial charge in [-0.3, -0.25) is 0 Å². The molecule has 0 unspecified atom stereocenters. The van der Waals surface area contributed by atoms with Crippen molar-refractivity contribution >= 4 is 0 Å². The second-order valence-electron chi connectivity index (χ2n) is 3.87. The van der Waals surface area contributed by atoms with Gasteiger partial charge in [0.2, 0.25) is 5.75 Å². The first-order chi connectivity index (χ1) is 8.35. The maximum atomic E-state index is 5.91. The Labute approximate surface area is 102 Å². The maximum absolute atomic E-state index is 5.91. The first-order valence-electron chi connectivity index (χ1n) is 6.11. The van der Waals surface area contributed by atoms with Crippen LogP contribution in [0.25, 0.3) is 0 Å². The molecule has 94 valence electrons. The maximum Gasteiger partial charge on any atom is 0.204 e. The number of hydrogen-bond donors (Lipinski definition) is 1. The van der Waals surface area contributed by atoms with Gasteiger partial charge in [-0.1, -0.05) is 13.0 Å². The lowest BCUT2D eigenvalue weighted by atomic mass is 10.2. The van der Waals surface area contributed by atoms with Gasteiger partial charge in [0.05, 0.1) is 6.61 Å². The van der Waals surface area contributed by atoms with Gasteiger partial charge in [0.25, 0.3) is 0 Å². The van der Waals surface area contributed by atoms with Gasteiger partial charge in [0.1, 0.15) is 12.7 Å². The molecule has 17 heavy (non-hydrogen) atoms. The zero-order valence-corrected chi connectivity index (χ0v) is 10.4. The highest BCUT2D eigenvalue weighted by molar-refractivity contribution is 5.52. The van der Waals surface area contributed by atoms with E-state index in [2.05, 4.69) is 12.2 Å². The summed E-state index contributed by atoms with van der Waals surface area (Å²) >= 11 is 0. The van der Waals surface area contributed by atoms with Gasteiger partial charge in [0.15, 0.2) is 11.5 Å². The van der Waals surface area contributed by atoms with E-state index >= 15 is 0 Å². The molecular weight excluding hydrogens is 218 g/mol. The first kappa shape index (κ1) is 12.0. The molecule has 1 aliphatic heterocycles. The van der Waals surface area contributed by atoms with Crippen molar-refractivity contribution in [2.75, 3.05) is 26.3 Å². The predicted molar refractivity (Wildman–Crippen MR) is 66.1 cm³/mol. The number of ether oxygens (including phenoxy) is 3. The van der Waals surface area contributed by atoms with Crippen molar-refractivity contribution in [1.29, 1.82) is 0 Å². The summed E-state index contributed by atoms with van der Waals surface area (Å²) in [6, 6.07) is 5.72. The number of rotatable bonds is 5. The minimum absolute atomic E-state index is 0.0454. The lowest BCUT2D eigenvalue weighted by Crippen LogP contribution is -2.38. The van der Waals surface area contributed by atoms with Crippen LogP contribution in [-0.2, 0) is 0 Å². The molecule has 0 radical (unpaired) electrons. The van der Waals surface area contributed by atoms with Crippen LogP contribution < -0.4 is 19.5 Å². The Bertz CT molecular complexity index is 368. The minimum Gasteiger partial charge on any atom is -0.490 e. The topological polar surface area (TPSA) is 39.7 Å². The zero-order chi connectivity index (χ0) is 12.1. The molecule has 0 fully saturated rings. The van der Waals surface area contributed by atoms with E-state index in [1.54, 1.807) is 0 Å². The van der Waals surface area contributed by atoms with Gasteiger partial charge < -0.3 is 19.5 Å². The van der Waals surface area contributed by atoms with E-state index in [1.807, 2.05) is 25.1 Å². The lowest BCUT2D eigenvalue weighted by Gasteiger charge is -2.27. The second-order valence-corrected chi connectivity index (χ2v) is 3.87. The lowest BCUT2D eigenvalue weighted by molar-refractivity contribution is 0.0859. The van der Waals surface area contributed by atoms with Crippen LogP contribution >= 0.6 is 0 Å². The SMILES string of the molecule is CCNC[C@@H]1COc2cccc(OCC)c2O1. The van der Waals surface area contributed by atoms with Crippen LogP contribution in [0.3, 0.4) is 0 Å². The van der Waals surface area contributed by atoms with Crippen molar-refractivity contribution in [3.05, 3.63) is 18.2 Å². The number of fused-ring (bicyclic) bond motifs is 1. The molecule has 1 N–H and O–H groups in total. The first-order valence-corrected chi connectivity index (χ1v) is 6.11. The summed E-state index contributed by atoms with van der Waals surface area (Å²) < 4.78 is 17.1. The number of hydrogen-bond acceptors (Lipinski definition) is 4. The van der Waals surface area contributed by atoms with Crippen molar-refractivity contribution in [3.8, 4) is 17.2 Å². The standard InChI is InChI=1S/C13H19NO3/c1-3-14-8-10-9-16-12-7-5-6-11(15-4-2)13(12)17-10/h5-7,10,14H,3-4,8-9H2,1-2H3/t10-/m1/s1. The Morgan fingerprint density at radius 1 is 1.41 bits per heavy atom. The highest BCUT2D eigenvalue weighted by Gasteiger charge is 2.23. The van der Waals surface area contributed by atoms with Gasteiger partial charge in [0, 0.05) is 6.54 Å². The van der Waals surface area contributed by atoms with Crippen LogP contribution in [0.15, 0.2) is 18.2 Å². The van der Waals surface area contributed by atoms with Gasteiger partial charge >= 0.3 is 0 Å². The van der Waals surface area contributed by atoms with E-state index in [9.17, 15) is 0 Å². The van der Waals surface area contributed by atoms with E-state index in [-0.39, 0.29) is 6.10 Å². The molecule has 2 rings (SSSR count). The van der Waals surface area contributed by atoms with Crippen LogP contribution in [0, 0.1) is 0 Å². The zero-order valence-electron chi connectivity index (χ0n) is 10.4. The molecule has 4 nitrogen and oxygen atoms in total. The molecule has 0 bridgehead atoms. The molecule has 1 atom stereocenters. The Hall–Kier alpha value is -1.42. The minimum atomic E-state index is 0.0454. The second kappa shape index (κ2) is 5.77. The van der Waals surface area contributed by atoms with Crippen LogP contribution in [0.1, 0.15) is 13.8 Å². The van der Waals surface area contributed by atoms with Gasteiger partial charge in [-0.25, -0.2) is 0 Å². The van der Waals surface area contributed by atoms with Crippen LogP contribution in [0.2, 0.25) is 0 Å². The third-order valence-electron chi connectivity index (χ3n) is 2.57. The fourth-order valence-electron chi connectivity index (χ4n) is 1.78. The highest BCUT2D eigenvalue weighted by Crippen LogP contribution is 2.40. The summed E-state index contributed by atoms with van der Waals surface area (Å²) in [5, 5.41) is 3.25. The normalized spacial score (nSPS) is 17.9. The molecule has 0 aromatic heterocycles. The molecule has 1 aliphatic rings. The van der Waals surface area contributed by atoms with Crippen molar-refractivity contribution < 1.29 is 14.2 Å². The quantitative estimate of drug-likeness (QED) is 0.848. The van der Waals surface area contributed by atoms with Crippen LogP contribution in [0.4, 0.5) is 0 Å². The predicted octanol–water partition coefficient (Wildman–Crippen LogP) is 1.83. The van der Waals surface area contributed by atoms with Crippen molar-refractivity contribution in [2.45, 2.75) is 20.0 Å². The molecule has 0 aliphatic carbocycles.